The van der Waals surface area contributed by atoms with E-state index >= 15 is 0 Å². The molecule has 2 aliphatic heterocycles. The van der Waals surface area contributed by atoms with Crippen LogP contribution in [0.25, 0.3) is 0 Å². The molecule has 3 aliphatic rings. The number of carbonyl (C=O) groups is 7. The molecule has 0 saturated carbocycles. The fourth-order valence-corrected chi connectivity index (χ4v) is 15.9. The SMILES string of the molecule is Cc1ccc2c(c1)C(C)(C)C(=CC=C1CCCC(C=CC3=[N+](CCCCS(=O)(=O)O)c4ccc(S(=O)(=O)O)cc4C3(C)C)=C1Oc1ccc(C[C@H](NC(=O)[C@@H](CC(=O)CC[N+](C)(C)CC[N+](C)(C)CCCC(=O)CC[C@H](NC(=O)NCCCC(=O)O)C(=O)O)Cc3ccccc3)C(=O)O)cc1)N2CCCCS(=O)(=O)O. The van der Waals surface area contributed by atoms with Gasteiger partial charge in [-0.25, -0.2) is 14.4 Å². The second-order valence-electron chi connectivity index (χ2n) is 31.3. The number of rotatable bonds is 44. The summed E-state index contributed by atoms with van der Waals surface area (Å²) in [6.45, 7) is 13.3. The Bertz CT molecular complexity index is 4550. The molecule has 0 unspecified atom stereocenters. The Morgan fingerprint density at radius 2 is 1.27 bits per heavy atom. The molecule has 27 nitrogen and oxygen atoms in total. The van der Waals surface area contributed by atoms with Crippen molar-refractivity contribution >= 4 is 88.9 Å². The number of carbonyl (C=O) groups excluding carboxylic acids is 4. The van der Waals surface area contributed by atoms with Crippen molar-refractivity contribution in [1.29, 1.82) is 0 Å². The highest BCUT2D eigenvalue weighted by Gasteiger charge is 2.46. The van der Waals surface area contributed by atoms with E-state index in [0.29, 0.717) is 109 Å². The van der Waals surface area contributed by atoms with Crippen LogP contribution in [0.3, 0.4) is 0 Å². The lowest BCUT2D eigenvalue weighted by Gasteiger charge is -2.35. The predicted octanol–water partition coefficient (Wildman–Crippen LogP) is 9.85. The summed E-state index contributed by atoms with van der Waals surface area (Å²) < 4.78 is 111. The molecule has 0 fully saturated rings. The number of Topliss-reactive ketones (excluding diaryl/α,β-unsaturated/α-hetero) is 2. The van der Waals surface area contributed by atoms with E-state index in [1.165, 1.54) is 12.1 Å². The third-order valence-electron chi connectivity index (χ3n) is 20.7. The van der Waals surface area contributed by atoms with Gasteiger partial charge in [0.15, 0.2) is 5.71 Å². The van der Waals surface area contributed by atoms with E-state index in [0.717, 1.165) is 44.9 Å². The van der Waals surface area contributed by atoms with Gasteiger partial charge in [-0.15, -0.1) is 0 Å². The highest BCUT2D eigenvalue weighted by Crippen LogP contribution is 2.49. The van der Waals surface area contributed by atoms with E-state index in [4.69, 9.17) is 9.84 Å². The number of amides is 3. The van der Waals surface area contributed by atoms with Crippen molar-refractivity contribution in [2.75, 3.05) is 90.4 Å². The van der Waals surface area contributed by atoms with Crippen molar-refractivity contribution in [2.24, 2.45) is 5.92 Å². The Balaban J connectivity index is 1.08. The van der Waals surface area contributed by atoms with Crippen LogP contribution in [0.4, 0.5) is 16.2 Å². The molecule has 9 N–H and O–H groups in total. The number of aliphatic carboxylic acids is 3. The summed E-state index contributed by atoms with van der Waals surface area (Å²) in [4.78, 5) is 91.1. The first-order valence-electron chi connectivity index (χ1n) is 37.3. The number of nitrogens with one attached hydrogen (secondary N) is 3. The van der Waals surface area contributed by atoms with Crippen LogP contribution in [-0.4, -0.2) is 212 Å². The molecule has 30 heteroatoms. The zero-order valence-electron chi connectivity index (χ0n) is 64.5. The minimum Gasteiger partial charge on any atom is -0.481 e. The number of carboxylic acids is 3. The molecule has 600 valence electrons. The van der Waals surface area contributed by atoms with Gasteiger partial charge in [-0.1, -0.05) is 80.1 Å². The minimum atomic E-state index is -4.61. The van der Waals surface area contributed by atoms with Crippen molar-refractivity contribution in [3.63, 3.8) is 0 Å². The van der Waals surface area contributed by atoms with Crippen molar-refractivity contribution < 1.29 is 106 Å². The minimum absolute atomic E-state index is 0.0419. The number of hydrogen-bond donors (Lipinski definition) is 9. The molecular formula is C80H110N7O20S3+3. The Labute approximate surface area is 646 Å². The first-order valence-corrected chi connectivity index (χ1v) is 42.0. The van der Waals surface area contributed by atoms with Gasteiger partial charge in [0.25, 0.3) is 30.4 Å². The van der Waals surface area contributed by atoms with Gasteiger partial charge in [0.05, 0.1) is 69.5 Å². The fourth-order valence-electron chi connectivity index (χ4n) is 14.2. The van der Waals surface area contributed by atoms with Crippen LogP contribution < -0.4 is 25.6 Å². The molecule has 110 heavy (non-hydrogen) atoms. The highest BCUT2D eigenvalue weighted by molar-refractivity contribution is 7.86. The maximum absolute atomic E-state index is 14.5. The van der Waals surface area contributed by atoms with Crippen LogP contribution in [0, 0.1) is 12.8 Å². The maximum Gasteiger partial charge on any atom is 0.326 e. The van der Waals surface area contributed by atoms with E-state index in [1.54, 1.807) is 30.3 Å². The molecule has 3 atom stereocenters. The van der Waals surface area contributed by atoms with Crippen LogP contribution >= 0.6 is 0 Å². The smallest absolute Gasteiger partial charge is 0.326 e. The van der Waals surface area contributed by atoms with Gasteiger partial charge in [-0.05, 0) is 149 Å². The molecule has 0 spiro atoms. The summed E-state index contributed by atoms with van der Waals surface area (Å²) >= 11 is 0. The maximum atomic E-state index is 14.5. The molecule has 3 amide bonds. The van der Waals surface area contributed by atoms with Crippen molar-refractivity contribution in [3.05, 3.63) is 166 Å². The molecule has 0 aromatic heterocycles. The molecule has 4 aromatic rings. The lowest BCUT2D eigenvalue weighted by Crippen LogP contribution is -2.51. The van der Waals surface area contributed by atoms with Crippen molar-refractivity contribution in [1.82, 2.24) is 16.0 Å². The van der Waals surface area contributed by atoms with Crippen molar-refractivity contribution in [3.8, 4) is 5.75 Å². The average Bonchev–Trinajstić information content (AvgIpc) is 1.59. The van der Waals surface area contributed by atoms with E-state index in [1.807, 2.05) is 108 Å². The number of fused-ring (bicyclic) bond motifs is 2. The van der Waals surface area contributed by atoms with Crippen LogP contribution in [0.1, 0.15) is 152 Å². The largest absolute Gasteiger partial charge is 0.481 e. The van der Waals surface area contributed by atoms with Gasteiger partial charge < -0.3 is 49.9 Å². The first-order chi connectivity index (χ1) is 51.4. The number of aryl methyl sites for hydroxylation is 1. The third kappa shape index (κ3) is 26.8. The molecule has 2 heterocycles. The first kappa shape index (κ1) is 88.5. The summed E-state index contributed by atoms with van der Waals surface area (Å²) in [7, 11) is -4.98. The van der Waals surface area contributed by atoms with E-state index in [2.05, 4.69) is 52.9 Å². The Kier molecular flexibility index (Phi) is 30.9. The highest BCUT2D eigenvalue weighted by atomic mass is 32.2. The lowest BCUT2D eigenvalue weighted by atomic mass is 9.81. The summed E-state index contributed by atoms with van der Waals surface area (Å²) in [5, 5.41) is 36.7. The normalized spacial score (nSPS) is 16.7. The molecule has 1 aliphatic carbocycles. The third-order valence-corrected chi connectivity index (χ3v) is 23.2. The van der Waals surface area contributed by atoms with Crippen LogP contribution in [-0.2, 0) is 82.8 Å². The van der Waals surface area contributed by atoms with Crippen LogP contribution in [0.15, 0.2) is 143 Å². The number of benzene rings is 4. The van der Waals surface area contributed by atoms with Gasteiger partial charge in [0.1, 0.15) is 54.8 Å². The lowest BCUT2D eigenvalue weighted by molar-refractivity contribution is -0.945. The zero-order chi connectivity index (χ0) is 81.2. The second-order valence-corrected chi connectivity index (χ2v) is 35.9. The van der Waals surface area contributed by atoms with Gasteiger partial charge >= 0.3 is 23.9 Å². The van der Waals surface area contributed by atoms with Gasteiger partial charge in [-0.2, -0.15) is 29.8 Å². The summed E-state index contributed by atoms with van der Waals surface area (Å²) in [5.41, 5.74) is 7.54. The molecule has 0 bridgehead atoms. The molecule has 4 aromatic carbocycles. The van der Waals surface area contributed by atoms with E-state index in [-0.39, 0.29) is 106 Å². The number of quaternary nitrogens is 2. The molecule has 7 rings (SSSR count). The number of carboxylic acid groups (broad SMARTS) is 3. The average molecular weight is 1590 g/mol. The van der Waals surface area contributed by atoms with E-state index in [9.17, 15) is 82.7 Å². The number of anilines is 1. The summed E-state index contributed by atoms with van der Waals surface area (Å²) in [6, 6.07) is 23.1. The Morgan fingerprint density at radius 1 is 0.627 bits per heavy atom. The number of hydrogen-bond acceptors (Lipinski definition) is 15. The summed E-state index contributed by atoms with van der Waals surface area (Å²) in [6.07, 6.45) is 11.5. The number of allylic oxidation sites excluding steroid dienone is 7. The Morgan fingerprint density at radius 3 is 1.91 bits per heavy atom. The van der Waals surface area contributed by atoms with Gasteiger partial charge in [0.2, 0.25) is 11.6 Å². The summed E-state index contributed by atoms with van der Waals surface area (Å²) in [5.74, 6) is -5.39. The van der Waals surface area contributed by atoms with Crippen LogP contribution in [0.5, 0.6) is 5.75 Å². The molecule has 0 saturated heterocycles. The zero-order valence-corrected chi connectivity index (χ0v) is 66.9. The molecular weight excluding hydrogens is 1480 g/mol. The number of urea groups is 1. The number of ether oxygens (including phenoxy) is 1. The second kappa shape index (κ2) is 38.5. The van der Waals surface area contributed by atoms with Gasteiger partial charge in [-0.3, -0.25) is 32.8 Å². The topological polar surface area (TPSA) is 395 Å². The molecule has 0 radical (unpaired) electrons. The number of unbranched alkanes of at least 4 members (excludes halogenated alkanes) is 2. The standard InChI is InChI=1S/C80H107N7O20S3/c1-55-26-36-69-65(50-55)79(2,3)71(84(69)42-13-15-48-108(98,99)100)38-29-58-22-17-23-59(30-39-72-80(4,5)66-54-64(110(104,105)106)34-37-70(66)85(72)43-14-16-49-109(101,102)103)74(58)107-63-32-27-57(28-33-63)52-68(77(95)96)82-75(92)60(51-56-20-11-10-12-21-56)53-62(89)40-45-87(8,9)47-46-86(6,7)44-19-24-61(88)31-35-67(76(93)94)83-78(97)81-41-18-25-73(90)91/h10-12,20-21,26-30,32-34,36-39,50,54,60,67-68H,13-19,22-25,31,35,40-49,51-53H2,1-9H3,(H6-3,81,82,83,90,91,92,93,94,95,96,97,98,99,100,101,102,103,104,105,106)/p+3/t60-,67+,68+/m1/s1. The van der Waals surface area contributed by atoms with Crippen LogP contribution in [0.2, 0.25) is 0 Å². The van der Waals surface area contributed by atoms with E-state index < -0.39 is 94.8 Å². The predicted molar refractivity (Wildman–Crippen MR) is 418 cm³/mol. The Hall–Kier alpha value is -8.75. The fraction of sp³-hybridized carbons (Fsp3) is 0.500. The van der Waals surface area contributed by atoms with Crippen molar-refractivity contribution in [2.45, 2.75) is 172 Å². The quantitative estimate of drug-likeness (QED) is 0.00860. The number of nitrogens with zero attached hydrogens (tertiary/aromatic N) is 4. The number of ketones is 2. The monoisotopic (exact) mass is 1580 g/mol. The number of likely N-dealkylation sites (N-methyl/N-ethyl adjacent to an activating group) is 2. The van der Waals surface area contributed by atoms with Gasteiger partial charge in [0, 0.05) is 98.5 Å².